The molecule has 0 amide bonds. The predicted octanol–water partition coefficient (Wildman–Crippen LogP) is 1.09. The van der Waals surface area contributed by atoms with Gasteiger partial charge >= 0.3 is 0 Å². The molecule has 94 valence electrons. The maximum atomic E-state index is 13.6. The number of nitrogens with zero attached hydrogens (tertiary/aromatic N) is 1. The Labute approximate surface area is 104 Å². The molecule has 4 nitrogen and oxygen atoms in total. The molecule has 0 aromatic heterocycles. The van der Waals surface area contributed by atoms with Crippen molar-refractivity contribution in [2.24, 2.45) is 5.92 Å². The Balaban J connectivity index is 2.30. The molecule has 0 atom stereocenters. The van der Waals surface area contributed by atoms with Crippen LogP contribution in [0.2, 0.25) is 5.02 Å². The minimum absolute atomic E-state index is 0.0629. The van der Waals surface area contributed by atoms with Crippen molar-refractivity contribution < 1.29 is 17.9 Å². The van der Waals surface area contributed by atoms with Crippen molar-refractivity contribution in [2.75, 3.05) is 19.7 Å². The summed E-state index contributed by atoms with van der Waals surface area (Å²) in [4.78, 5) is -0.415. The first-order valence-corrected chi connectivity index (χ1v) is 6.83. The third kappa shape index (κ3) is 2.18. The zero-order valence-corrected chi connectivity index (χ0v) is 10.4. The third-order valence-electron chi connectivity index (χ3n) is 2.72. The van der Waals surface area contributed by atoms with Crippen LogP contribution in [0.1, 0.15) is 0 Å². The fourth-order valence-electron chi connectivity index (χ4n) is 1.66. The first-order chi connectivity index (χ1) is 7.96. The molecule has 1 aliphatic rings. The van der Waals surface area contributed by atoms with Crippen LogP contribution in [0.3, 0.4) is 0 Å². The molecule has 1 aromatic rings. The van der Waals surface area contributed by atoms with Crippen molar-refractivity contribution in [1.29, 1.82) is 0 Å². The number of benzene rings is 1. The van der Waals surface area contributed by atoms with E-state index in [1.807, 2.05) is 0 Å². The average Bonchev–Trinajstić information content (AvgIpc) is 2.20. The Morgan fingerprint density at radius 1 is 1.47 bits per heavy atom. The topological polar surface area (TPSA) is 57.6 Å². The number of hydrogen-bond acceptors (Lipinski definition) is 3. The normalized spacial score (nSPS) is 18.1. The molecule has 1 saturated heterocycles. The number of sulfonamides is 1. The van der Waals surface area contributed by atoms with Gasteiger partial charge in [0.05, 0.1) is 5.02 Å². The lowest BCUT2D eigenvalue weighted by molar-refractivity contribution is 0.117. The summed E-state index contributed by atoms with van der Waals surface area (Å²) in [5.74, 6) is -0.992. The van der Waals surface area contributed by atoms with E-state index in [1.165, 1.54) is 18.2 Å². The second-order valence-electron chi connectivity index (χ2n) is 3.92. The molecular weight excluding hydrogens is 269 g/mol. The van der Waals surface area contributed by atoms with Crippen molar-refractivity contribution in [3.63, 3.8) is 0 Å². The number of halogens is 2. The molecule has 0 aliphatic carbocycles. The van der Waals surface area contributed by atoms with E-state index in [4.69, 9.17) is 16.7 Å². The highest BCUT2D eigenvalue weighted by atomic mass is 35.5. The van der Waals surface area contributed by atoms with Crippen LogP contribution in [-0.2, 0) is 10.0 Å². The Morgan fingerprint density at radius 3 is 2.71 bits per heavy atom. The molecule has 0 bridgehead atoms. The molecule has 7 heteroatoms. The summed E-state index contributed by atoms with van der Waals surface area (Å²) >= 11 is 5.54. The summed E-state index contributed by atoms with van der Waals surface area (Å²) in [5, 5.41) is 8.60. The molecule has 17 heavy (non-hydrogen) atoms. The Morgan fingerprint density at radius 2 is 2.12 bits per heavy atom. The van der Waals surface area contributed by atoms with Crippen LogP contribution >= 0.6 is 11.6 Å². The molecule has 1 heterocycles. The van der Waals surface area contributed by atoms with Gasteiger partial charge in [-0.05, 0) is 12.1 Å². The van der Waals surface area contributed by atoms with E-state index in [9.17, 15) is 12.8 Å². The lowest BCUT2D eigenvalue weighted by Crippen LogP contribution is -2.51. The van der Waals surface area contributed by atoms with E-state index >= 15 is 0 Å². The number of aliphatic hydroxyl groups is 1. The quantitative estimate of drug-likeness (QED) is 0.901. The molecular formula is C10H11ClFNO3S. The summed E-state index contributed by atoms with van der Waals surface area (Å²) < 4.78 is 38.7. The largest absolute Gasteiger partial charge is 0.396 e. The molecule has 0 unspecified atom stereocenters. The minimum Gasteiger partial charge on any atom is -0.396 e. The van der Waals surface area contributed by atoms with Gasteiger partial charge in [-0.1, -0.05) is 17.7 Å². The first kappa shape index (κ1) is 12.8. The van der Waals surface area contributed by atoms with Crippen LogP contribution in [0.15, 0.2) is 23.1 Å². The summed E-state index contributed by atoms with van der Waals surface area (Å²) in [6, 6.07) is 3.87. The zero-order chi connectivity index (χ0) is 12.6. The second-order valence-corrected chi connectivity index (χ2v) is 6.24. The second kappa shape index (κ2) is 4.53. The highest BCUT2D eigenvalue weighted by Crippen LogP contribution is 2.28. The number of rotatable bonds is 3. The molecule has 1 aliphatic heterocycles. The van der Waals surface area contributed by atoms with Crippen LogP contribution in [0.4, 0.5) is 4.39 Å². The Hall–Kier alpha value is -0.690. The average molecular weight is 280 g/mol. The first-order valence-electron chi connectivity index (χ1n) is 5.02. The lowest BCUT2D eigenvalue weighted by Gasteiger charge is -2.36. The van der Waals surface area contributed by atoms with Gasteiger partial charge in [-0.2, -0.15) is 4.31 Å². The fraction of sp³-hybridized carbons (Fsp3) is 0.400. The standard InChI is InChI=1S/C10H11ClFNO3S/c11-8-2-1-3-9(10(8)12)17(15,16)13-4-7(5-13)6-14/h1-3,7,14H,4-6H2. The summed E-state index contributed by atoms with van der Waals surface area (Å²) in [5.41, 5.74) is 0. The zero-order valence-electron chi connectivity index (χ0n) is 8.81. The fourth-order valence-corrected chi connectivity index (χ4v) is 3.57. The van der Waals surface area contributed by atoms with Crippen LogP contribution in [0.5, 0.6) is 0 Å². The van der Waals surface area contributed by atoms with E-state index in [0.29, 0.717) is 0 Å². The molecule has 1 N–H and O–H groups in total. The van der Waals surface area contributed by atoms with Gasteiger partial charge in [-0.15, -0.1) is 0 Å². The molecule has 0 spiro atoms. The Kier molecular flexibility index (Phi) is 3.40. The molecule has 1 fully saturated rings. The van der Waals surface area contributed by atoms with Crippen molar-refractivity contribution in [3.8, 4) is 0 Å². The summed E-state index contributed by atoms with van der Waals surface area (Å²) in [7, 11) is -3.84. The van der Waals surface area contributed by atoms with Gasteiger partial charge in [-0.3, -0.25) is 0 Å². The van der Waals surface area contributed by atoms with Gasteiger partial charge in [0.1, 0.15) is 4.90 Å². The summed E-state index contributed by atoms with van der Waals surface area (Å²) in [6.45, 7) is 0.361. The van der Waals surface area contributed by atoms with Gasteiger partial charge in [0.25, 0.3) is 0 Å². The lowest BCUT2D eigenvalue weighted by atomic mass is 10.1. The monoisotopic (exact) mass is 279 g/mol. The van der Waals surface area contributed by atoms with Crippen LogP contribution in [0.25, 0.3) is 0 Å². The maximum Gasteiger partial charge on any atom is 0.246 e. The maximum absolute atomic E-state index is 13.6. The molecule has 2 rings (SSSR count). The smallest absolute Gasteiger partial charge is 0.246 e. The molecule has 0 saturated carbocycles. The van der Waals surface area contributed by atoms with E-state index in [-0.39, 0.29) is 30.6 Å². The van der Waals surface area contributed by atoms with Crippen LogP contribution < -0.4 is 0 Å². The van der Waals surface area contributed by atoms with Crippen molar-refractivity contribution in [1.82, 2.24) is 4.31 Å². The number of aliphatic hydroxyl groups excluding tert-OH is 1. The van der Waals surface area contributed by atoms with Gasteiger partial charge in [-0.25, -0.2) is 12.8 Å². The molecule has 0 radical (unpaired) electrons. The van der Waals surface area contributed by atoms with Crippen LogP contribution in [0, 0.1) is 11.7 Å². The van der Waals surface area contributed by atoms with Crippen molar-refractivity contribution in [2.45, 2.75) is 4.90 Å². The van der Waals surface area contributed by atoms with Crippen LogP contribution in [-0.4, -0.2) is 37.5 Å². The predicted molar refractivity (Wildman–Crippen MR) is 60.7 cm³/mol. The van der Waals surface area contributed by atoms with E-state index < -0.39 is 20.7 Å². The van der Waals surface area contributed by atoms with Gasteiger partial charge < -0.3 is 5.11 Å². The van der Waals surface area contributed by atoms with Gasteiger partial charge in [0.15, 0.2) is 5.82 Å². The highest BCUT2D eigenvalue weighted by molar-refractivity contribution is 7.89. The Bertz CT molecular complexity index is 528. The highest BCUT2D eigenvalue weighted by Gasteiger charge is 2.37. The molecule has 1 aromatic carbocycles. The van der Waals surface area contributed by atoms with E-state index in [0.717, 1.165) is 4.31 Å². The van der Waals surface area contributed by atoms with Gasteiger partial charge in [0, 0.05) is 25.6 Å². The van der Waals surface area contributed by atoms with Gasteiger partial charge in [0.2, 0.25) is 10.0 Å². The number of hydrogen-bond donors (Lipinski definition) is 1. The third-order valence-corrected chi connectivity index (χ3v) is 4.86. The van der Waals surface area contributed by atoms with Crippen molar-refractivity contribution >= 4 is 21.6 Å². The van der Waals surface area contributed by atoms with E-state index in [2.05, 4.69) is 0 Å². The minimum atomic E-state index is -3.84. The summed E-state index contributed by atoms with van der Waals surface area (Å²) in [6.07, 6.45) is 0. The van der Waals surface area contributed by atoms with Crippen molar-refractivity contribution in [3.05, 3.63) is 29.0 Å². The van der Waals surface area contributed by atoms with E-state index in [1.54, 1.807) is 0 Å². The SMILES string of the molecule is O=S(=O)(c1cccc(Cl)c1F)N1CC(CO)C1.